The zero-order valence-electron chi connectivity index (χ0n) is 17.3. The number of carbonyl (C=O) groups is 2. The van der Waals surface area contributed by atoms with Gasteiger partial charge in [0.1, 0.15) is 11.8 Å². The molecule has 2 heterocycles. The molecular formula is C22H19F3N4O4. The third kappa shape index (κ3) is 4.76. The number of aromatic amines is 1. The molecule has 172 valence electrons. The van der Waals surface area contributed by atoms with Crippen LogP contribution in [0.15, 0.2) is 54.9 Å². The smallest absolute Gasteiger partial charge is 0.465 e. The normalized spacial score (nSPS) is 15.5. The summed E-state index contributed by atoms with van der Waals surface area (Å²) in [6.45, 7) is 0.211. The molecule has 8 nitrogen and oxygen atoms in total. The van der Waals surface area contributed by atoms with Gasteiger partial charge in [0.15, 0.2) is 0 Å². The summed E-state index contributed by atoms with van der Waals surface area (Å²) in [5.41, 5.74) is 1.86. The van der Waals surface area contributed by atoms with Crippen molar-refractivity contribution in [1.29, 1.82) is 0 Å². The Kier molecular flexibility index (Phi) is 5.95. The van der Waals surface area contributed by atoms with Crippen LogP contribution in [-0.2, 0) is 11.2 Å². The lowest BCUT2D eigenvalue weighted by atomic mass is 9.95. The molecule has 3 aromatic rings. The Balaban J connectivity index is 1.69. The maximum atomic E-state index is 13.2. The highest BCUT2D eigenvalue weighted by molar-refractivity contribution is 5.94. The van der Waals surface area contributed by atoms with Crippen molar-refractivity contribution in [3.05, 3.63) is 77.4 Å². The standard InChI is InChI=1S/C22H19F3N4O4/c1-32-20(30)13-5-4-6-14(11-13)28-21(31)29-10-9-16-18(27-12-26-16)19(29)15-7-2-3-8-17(15)33-22(23,24)25/h2-8,11-12,19H,9-10H2,1H3,(H,26,27)(H,28,31)/t19-/m1/s1. The topological polar surface area (TPSA) is 96.6 Å². The molecule has 0 saturated carbocycles. The number of amides is 2. The number of imidazole rings is 1. The Morgan fingerprint density at radius 3 is 2.73 bits per heavy atom. The summed E-state index contributed by atoms with van der Waals surface area (Å²) >= 11 is 0. The Labute approximate surface area is 186 Å². The van der Waals surface area contributed by atoms with Crippen LogP contribution in [0, 0.1) is 0 Å². The maximum Gasteiger partial charge on any atom is 0.573 e. The average molecular weight is 460 g/mol. The summed E-state index contributed by atoms with van der Waals surface area (Å²) in [7, 11) is 1.24. The van der Waals surface area contributed by atoms with Crippen LogP contribution in [0.1, 0.15) is 33.4 Å². The first kappa shape index (κ1) is 22.2. The first-order valence-corrected chi connectivity index (χ1v) is 9.89. The third-order valence-corrected chi connectivity index (χ3v) is 5.16. The fraction of sp³-hybridized carbons (Fsp3) is 0.227. The molecule has 2 amide bonds. The Morgan fingerprint density at radius 1 is 1.18 bits per heavy atom. The number of aromatic nitrogens is 2. The highest BCUT2D eigenvalue weighted by Crippen LogP contribution is 2.39. The first-order valence-electron chi connectivity index (χ1n) is 9.89. The molecular weight excluding hydrogens is 441 g/mol. The Hall–Kier alpha value is -4.02. The molecule has 33 heavy (non-hydrogen) atoms. The van der Waals surface area contributed by atoms with Gasteiger partial charge in [0.05, 0.1) is 24.7 Å². The molecule has 0 spiro atoms. The molecule has 2 aromatic carbocycles. The van der Waals surface area contributed by atoms with Crippen molar-refractivity contribution < 1.29 is 32.2 Å². The highest BCUT2D eigenvalue weighted by atomic mass is 19.4. The molecule has 0 unspecified atom stereocenters. The molecule has 4 rings (SSSR count). The number of benzene rings is 2. The summed E-state index contributed by atoms with van der Waals surface area (Å²) in [6, 6.07) is 10.3. The number of anilines is 1. The molecule has 0 aliphatic carbocycles. The largest absolute Gasteiger partial charge is 0.573 e. The Morgan fingerprint density at radius 2 is 1.97 bits per heavy atom. The summed E-state index contributed by atoms with van der Waals surface area (Å²) in [5.74, 6) is -0.988. The number of para-hydroxylation sites is 1. The SMILES string of the molecule is COC(=O)c1cccc(NC(=O)N2CCc3[nH]cnc3[C@H]2c2ccccc2OC(F)(F)F)c1. The third-order valence-electron chi connectivity index (χ3n) is 5.16. The van der Waals surface area contributed by atoms with Crippen LogP contribution in [0.4, 0.5) is 23.7 Å². The van der Waals surface area contributed by atoms with Gasteiger partial charge in [-0.3, -0.25) is 0 Å². The lowest BCUT2D eigenvalue weighted by molar-refractivity contribution is -0.275. The minimum atomic E-state index is -4.90. The van der Waals surface area contributed by atoms with Gasteiger partial charge in [0, 0.05) is 29.9 Å². The fourth-order valence-electron chi connectivity index (χ4n) is 3.77. The van der Waals surface area contributed by atoms with Gasteiger partial charge in [-0.25, -0.2) is 14.6 Å². The van der Waals surface area contributed by atoms with Gasteiger partial charge < -0.3 is 24.7 Å². The molecule has 1 aliphatic heterocycles. The van der Waals surface area contributed by atoms with Crippen molar-refractivity contribution >= 4 is 17.7 Å². The highest BCUT2D eigenvalue weighted by Gasteiger charge is 2.38. The van der Waals surface area contributed by atoms with Gasteiger partial charge in [0.2, 0.25) is 0 Å². The first-order chi connectivity index (χ1) is 15.8. The number of ether oxygens (including phenoxy) is 2. The van der Waals surface area contributed by atoms with E-state index in [9.17, 15) is 22.8 Å². The second-order valence-electron chi connectivity index (χ2n) is 7.20. The van der Waals surface area contributed by atoms with Gasteiger partial charge in [0.25, 0.3) is 0 Å². The quantitative estimate of drug-likeness (QED) is 0.567. The number of hydrogen-bond donors (Lipinski definition) is 2. The number of rotatable bonds is 4. The van der Waals surface area contributed by atoms with Crippen molar-refractivity contribution in [3.8, 4) is 5.75 Å². The van der Waals surface area contributed by atoms with Gasteiger partial charge in [-0.2, -0.15) is 0 Å². The minimum absolute atomic E-state index is 0.140. The molecule has 0 fully saturated rings. The number of nitrogens with one attached hydrogen (secondary N) is 2. The van der Waals surface area contributed by atoms with E-state index in [-0.39, 0.29) is 17.7 Å². The number of alkyl halides is 3. The lowest BCUT2D eigenvalue weighted by Crippen LogP contribution is -2.43. The van der Waals surface area contributed by atoms with E-state index >= 15 is 0 Å². The van der Waals surface area contributed by atoms with Gasteiger partial charge >= 0.3 is 18.4 Å². The van der Waals surface area contributed by atoms with Crippen LogP contribution in [0.3, 0.4) is 0 Å². The van der Waals surface area contributed by atoms with E-state index in [0.29, 0.717) is 17.8 Å². The van der Waals surface area contributed by atoms with Crippen LogP contribution in [0.5, 0.6) is 5.75 Å². The predicted octanol–water partition coefficient (Wildman–Crippen LogP) is 4.27. The maximum absolute atomic E-state index is 13.2. The van der Waals surface area contributed by atoms with E-state index in [1.165, 1.54) is 48.7 Å². The average Bonchev–Trinajstić information content (AvgIpc) is 3.26. The fourth-order valence-corrected chi connectivity index (χ4v) is 3.77. The molecule has 2 N–H and O–H groups in total. The lowest BCUT2D eigenvalue weighted by Gasteiger charge is -2.36. The van der Waals surface area contributed by atoms with E-state index in [0.717, 1.165) is 5.69 Å². The number of carbonyl (C=O) groups excluding carboxylic acids is 2. The van der Waals surface area contributed by atoms with Crippen LogP contribution < -0.4 is 10.1 Å². The van der Waals surface area contributed by atoms with Crippen molar-refractivity contribution in [2.75, 3.05) is 19.0 Å². The molecule has 0 saturated heterocycles. The van der Waals surface area contributed by atoms with Crippen LogP contribution in [0.2, 0.25) is 0 Å². The monoisotopic (exact) mass is 460 g/mol. The van der Waals surface area contributed by atoms with E-state index in [1.54, 1.807) is 18.2 Å². The zero-order valence-corrected chi connectivity index (χ0v) is 17.3. The number of methoxy groups -OCH3 is 1. The Bertz CT molecular complexity index is 1180. The number of esters is 1. The van der Waals surface area contributed by atoms with Crippen molar-refractivity contribution in [2.24, 2.45) is 0 Å². The van der Waals surface area contributed by atoms with E-state index in [2.05, 4.69) is 20.0 Å². The van der Waals surface area contributed by atoms with E-state index < -0.39 is 30.2 Å². The number of hydrogen-bond acceptors (Lipinski definition) is 5. The summed E-state index contributed by atoms with van der Waals surface area (Å²) < 4.78 is 48.0. The van der Waals surface area contributed by atoms with Crippen LogP contribution in [-0.4, -0.2) is 46.9 Å². The zero-order chi connectivity index (χ0) is 23.6. The number of H-pyrrole nitrogens is 1. The number of urea groups is 1. The summed E-state index contributed by atoms with van der Waals surface area (Å²) in [6.07, 6.45) is -3.03. The minimum Gasteiger partial charge on any atom is -0.465 e. The van der Waals surface area contributed by atoms with Crippen molar-refractivity contribution in [1.82, 2.24) is 14.9 Å². The van der Waals surface area contributed by atoms with Gasteiger partial charge in [-0.15, -0.1) is 13.2 Å². The molecule has 1 atom stereocenters. The second kappa shape index (κ2) is 8.85. The van der Waals surface area contributed by atoms with Crippen molar-refractivity contribution in [3.63, 3.8) is 0 Å². The van der Waals surface area contributed by atoms with Crippen LogP contribution in [0.25, 0.3) is 0 Å². The van der Waals surface area contributed by atoms with Gasteiger partial charge in [-0.1, -0.05) is 24.3 Å². The number of fused-ring (bicyclic) bond motifs is 1. The summed E-state index contributed by atoms with van der Waals surface area (Å²) in [5, 5.41) is 2.70. The predicted molar refractivity (Wildman–Crippen MR) is 111 cm³/mol. The van der Waals surface area contributed by atoms with Crippen LogP contribution >= 0.6 is 0 Å². The second-order valence-corrected chi connectivity index (χ2v) is 7.20. The van der Waals surface area contributed by atoms with E-state index in [1.807, 2.05) is 0 Å². The molecule has 1 aliphatic rings. The molecule has 0 bridgehead atoms. The van der Waals surface area contributed by atoms with E-state index in [4.69, 9.17) is 4.74 Å². The van der Waals surface area contributed by atoms with Gasteiger partial charge in [-0.05, 0) is 24.3 Å². The summed E-state index contributed by atoms with van der Waals surface area (Å²) in [4.78, 5) is 33.6. The van der Waals surface area contributed by atoms with Crippen molar-refractivity contribution in [2.45, 2.75) is 18.8 Å². The number of halogens is 3. The molecule has 0 radical (unpaired) electrons. The molecule has 11 heteroatoms. The number of nitrogens with zero attached hydrogens (tertiary/aromatic N) is 2. The molecule has 1 aromatic heterocycles.